The van der Waals surface area contributed by atoms with E-state index in [4.69, 9.17) is 5.26 Å². The molecule has 1 heteroatoms. The highest BCUT2D eigenvalue weighted by Crippen LogP contribution is 1.99. The van der Waals surface area contributed by atoms with Crippen molar-refractivity contribution < 1.29 is 0 Å². The van der Waals surface area contributed by atoms with E-state index >= 15 is 0 Å². The van der Waals surface area contributed by atoms with Crippen molar-refractivity contribution in [2.75, 3.05) is 0 Å². The topological polar surface area (TPSA) is 23.8 Å². The van der Waals surface area contributed by atoms with E-state index in [0.29, 0.717) is 12.3 Å². The van der Waals surface area contributed by atoms with Crippen LogP contribution >= 0.6 is 0 Å². The zero-order chi connectivity index (χ0) is 7.82. The number of hydrogen-bond acceptors (Lipinski definition) is 1. The van der Waals surface area contributed by atoms with Crippen LogP contribution in [-0.2, 0) is 0 Å². The molecule has 0 atom stereocenters. The van der Waals surface area contributed by atoms with Gasteiger partial charge in [-0.1, -0.05) is 26.0 Å². The Morgan fingerprint density at radius 3 is 2.70 bits per heavy atom. The molecule has 0 unspecified atom stereocenters. The van der Waals surface area contributed by atoms with Gasteiger partial charge >= 0.3 is 0 Å². The van der Waals surface area contributed by atoms with Crippen molar-refractivity contribution >= 4 is 0 Å². The van der Waals surface area contributed by atoms with Crippen LogP contribution in [-0.4, -0.2) is 0 Å². The van der Waals surface area contributed by atoms with Gasteiger partial charge in [0.2, 0.25) is 0 Å². The Morgan fingerprint density at radius 1 is 1.50 bits per heavy atom. The minimum atomic E-state index is 0.641. The lowest BCUT2D eigenvalue weighted by molar-refractivity contribution is 0.810. The summed E-state index contributed by atoms with van der Waals surface area (Å²) >= 11 is 0. The lowest BCUT2D eigenvalue weighted by atomic mass is 10.1. The van der Waals surface area contributed by atoms with Crippen LogP contribution in [0.2, 0.25) is 0 Å². The molecule has 0 rings (SSSR count). The normalized spacial score (nSPS) is 10.6. The van der Waals surface area contributed by atoms with Gasteiger partial charge < -0.3 is 0 Å². The summed E-state index contributed by atoms with van der Waals surface area (Å²) in [5.74, 6) is 0.641. The zero-order valence-electron chi connectivity index (χ0n) is 6.80. The molecule has 0 radical (unpaired) electrons. The highest BCUT2D eigenvalue weighted by Gasteiger charge is 1.83. The van der Waals surface area contributed by atoms with E-state index in [1.165, 1.54) is 0 Å². The van der Waals surface area contributed by atoms with Crippen molar-refractivity contribution in [3.63, 3.8) is 0 Å². The van der Waals surface area contributed by atoms with Gasteiger partial charge in [-0.2, -0.15) is 5.26 Å². The quantitative estimate of drug-likeness (QED) is 0.431. The average Bonchev–Trinajstić information content (AvgIpc) is 1.87. The number of nitrogens with zero attached hydrogens (tertiary/aromatic N) is 1. The molecule has 1 nitrogen and oxygen atoms in total. The molecule has 0 aliphatic heterocycles. The number of unbranched alkanes of at least 4 members (excludes halogenated alkanes) is 2. The molecular formula is C9H15N. The lowest BCUT2D eigenvalue weighted by Gasteiger charge is -1.91. The highest BCUT2D eigenvalue weighted by molar-refractivity contribution is 4.85. The number of nitriles is 1. The Balaban J connectivity index is 3.12. The number of hydrogen-bond donors (Lipinski definition) is 0. The Labute approximate surface area is 63.4 Å². The van der Waals surface area contributed by atoms with Gasteiger partial charge in [0.25, 0.3) is 0 Å². The molecule has 0 aliphatic rings. The molecule has 0 aliphatic carbocycles. The molecule has 0 heterocycles. The fourth-order valence-corrected chi connectivity index (χ4v) is 0.667. The fraction of sp³-hybridized carbons (Fsp3) is 0.667. The Hall–Kier alpha value is -0.770. The Morgan fingerprint density at radius 2 is 2.20 bits per heavy atom. The van der Waals surface area contributed by atoms with Crippen molar-refractivity contribution in [3.8, 4) is 6.07 Å². The van der Waals surface area contributed by atoms with Crippen LogP contribution in [0.3, 0.4) is 0 Å². The third-order valence-electron chi connectivity index (χ3n) is 1.18. The van der Waals surface area contributed by atoms with Crippen molar-refractivity contribution in [2.24, 2.45) is 5.92 Å². The van der Waals surface area contributed by atoms with Crippen LogP contribution in [0.5, 0.6) is 0 Å². The second-order valence-corrected chi connectivity index (χ2v) is 2.72. The average molecular weight is 137 g/mol. The molecule has 0 aromatic heterocycles. The summed E-state index contributed by atoms with van der Waals surface area (Å²) in [6.07, 6.45) is 7.06. The Bertz CT molecular complexity index is 128. The molecule has 0 saturated heterocycles. The van der Waals surface area contributed by atoms with Crippen LogP contribution in [0.15, 0.2) is 12.2 Å². The second-order valence-electron chi connectivity index (χ2n) is 2.72. The van der Waals surface area contributed by atoms with E-state index in [-0.39, 0.29) is 0 Å². The van der Waals surface area contributed by atoms with Crippen molar-refractivity contribution in [3.05, 3.63) is 12.2 Å². The standard InChI is InChI=1S/C9H15N/c1-9(2)7-5-3-4-6-8-10/h5,7,9H,3-4,6H2,1-2H3. The van der Waals surface area contributed by atoms with Crippen LogP contribution in [0.25, 0.3) is 0 Å². The molecule has 56 valence electrons. The monoisotopic (exact) mass is 137 g/mol. The smallest absolute Gasteiger partial charge is 0.0621 e. The molecule has 0 amide bonds. The SMILES string of the molecule is CC(C)C=CCCCC#N. The van der Waals surface area contributed by atoms with E-state index in [2.05, 4.69) is 32.1 Å². The third-order valence-corrected chi connectivity index (χ3v) is 1.18. The van der Waals surface area contributed by atoms with Crippen LogP contribution in [0, 0.1) is 17.2 Å². The van der Waals surface area contributed by atoms with Gasteiger partial charge in [-0.15, -0.1) is 0 Å². The first-order chi connectivity index (χ1) is 4.77. The van der Waals surface area contributed by atoms with E-state index in [1.54, 1.807) is 0 Å². The molecule has 0 aromatic carbocycles. The second kappa shape index (κ2) is 6.35. The molecule has 10 heavy (non-hydrogen) atoms. The first kappa shape index (κ1) is 9.23. The highest BCUT2D eigenvalue weighted by atomic mass is 14.2. The maximum Gasteiger partial charge on any atom is 0.0621 e. The molecule has 0 aromatic rings. The van der Waals surface area contributed by atoms with E-state index in [1.807, 2.05) is 0 Å². The van der Waals surface area contributed by atoms with Crippen LogP contribution in [0.1, 0.15) is 33.1 Å². The van der Waals surface area contributed by atoms with Crippen LogP contribution in [0.4, 0.5) is 0 Å². The molecule has 0 bridgehead atoms. The van der Waals surface area contributed by atoms with Gasteiger partial charge in [0, 0.05) is 6.42 Å². The first-order valence-electron chi connectivity index (χ1n) is 3.81. The summed E-state index contributed by atoms with van der Waals surface area (Å²) < 4.78 is 0. The lowest BCUT2D eigenvalue weighted by Crippen LogP contribution is -1.76. The summed E-state index contributed by atoms with van der Waals surface area (Å²) in [6.45, 7) is 4.31. The Kier molecular flexibility index (Phi) is 5.86. The minimum absolute atomic E-state index is 0.641. The van der Waals surface area contributed by atoms with Crippen molar-refractivity contribution in [1.82, 2.24) is 0 Å². The van der Waals surface area contributed by atoms with Crippen molar-refractivity contribution in [1.29, 1.82) is 5.26 Å². The van der Waals surface area contributed by atoms with E-state index < -0.39 is 0 Å². The zero-order valence-corrected chi connectivity index (χ0v) is 6.80. The van der Waals surface area contributed by atoms with Gasteiger partial charge in [-0.3, -0.25) is 0 Å². The predicted molar refractivity (Wildman–Crippen MR) is 43.4 cm³/mol. The number of allylic oxidation sites excluding steroid dienone is 2. The van der Waals surface area contributed by atoms with Gasteiger partial charge in [-0.05, 0) is 18.8 Å². The third kappa shape index (κ3) is 7.23. The fourth-order valence-electron chi connectivity index (χ4n) is 0.667. The molecule has 0 fully saturated rings. The maximum atomic E-state index is 8.20. The molecular weight excluding hydrogens is 122 g/mol. The minimum Gasteiger partial charge on any atom is -0.198 e. The van der Waals surface area contributed by atoms with Gasteiger partial charge in [0.05, 0.1) is 6.07 Å². The van der Waals surface area contributed by atoms with Gasteiger partial charge in [0.15, 0.2) is 0 Å². The number of rotatable bonds is 4. The van der Waals surface area contributed by atoms with Crippen molar-refractivity contribution in [2.45, 2.75) is 33.1 Å². The van der Waals surface area contributed by atoms with Gasteiger partial charge in [-0.25, -0.2) is 0 Å². The summed E-state index contributed by atoms with van der Waals surface area (Å²) in [5.41, 5.74) is 0. The molecule has 0 N–H and O–H groups in total. The summed E-state index contributed by atoms with van der Waals surface area (Å²) in [4.78, 5) is 0. The summed E-state index contributed by atoms with van der Waals surface area (Å²) in [6, 6.07) is 2.12. The largest absolute Gasteiger partial charge is 0.198 e. The van der Waals surface area contributed by atoms with Crippen LogP contribution < -0.4 is 0 Å². The molecule has 0 spiro atoms. The maximum absolute atomic E-state index is 8.20. The first-order valence-corrected chi connectivity index (χ1v) is 3.81. The van der Waals surface area contributed by atoms with E-state index in [9.17, 15) is 0 Å². The molecule has 0 saturated carbocycles. The predicted octanol–water partition coefficient (Wildman–Crippen LogP) is 2.89. The van der Waals surface area contributed by atoms with Gasteiger partial charge in [0.1, 0.15) is 0 Å². The summed E-state index contributed by atoms with van der Waals surface area (Å²) in [5, 5.41) is 8.20. The summed E-state index contributed by atoms with van der Waals surface area (Å²) in [7, 11) is 0. The van der Waals surface area contributed by atoms with E-state index in [0.717, 1.165) is 12.8 Å².